The van der Waals surface area contributed by atoms with E-state index in [1.807, 2.05) is 0 Å². The van der Waals surface area contributed by atoms with Crippen molar-refractivity contribution in [2.24, 2.45) is 0 Å². The first-order chi connectivity index (χ1) is 8.81. The van der Waals surface area contributed by atoms with Crippen molar-refractivity contribution in [2.75, 3.05) is 0 Å². The molecule has 0 saturated heterocycles. The average Bonchev–Trinajstić information content (AvgIpc) is 2.28. The largest absolute Gasteiger partial charge is 0.478 e. The number of ether oxygens (including phenoxy) is 1. The van der Waals surface area contributed by atoms with Crippen LogP contribution in [-0.2, 0) is 4.79 Å². The van der Waals surface area contributed by atoms with Crippen molar-refractivity contribution in [3.8, 4) is 5.75 Å². The Morgan fingerprint density at radius 3 is 2.58 bits per heavy atom. The van der Waals surface area contributed by atoms with Crippen LogP contribution in [0.5, 0.6) is 5.75 Å². The van der Waals surface area contributed by atoms with E-state index in [0.29, 0.717) is 12.1 Å². The molecule has 1 N–H and O–H groups in total. The molecule has 1 rings (SSSR count). The SMILES string of the molecule is O=C(O)/C=C/c1cc([N+](=O)[O-])cc(F)c1OC(F)F. The normalized spacial score (nSPS) is 10.9. The second kappa shape index (κ2) is 5.85. The van der Waals surface area contributed by atoms with Gasteiger partial charge in [-0.1, -0.05) is 0 Å². The number of rotatable bonds is 5. The summed E-state index contributed by atoms with van der Waals surface area (Å²) in [5.41, 5.74) is -1.20. The first kappa shape index (κ1) is 14.5. The van der Waals surface area contributed by atoms with Crippen molar-refractivity contribution in [1.82, 2.24) is 0 Å². The lowest BCUT2D eigenvalue weighted by Gasteiger charge is -2.08. The van der Waals surface area contributed by atoms with Gasteiger partial charge in [0.05, 0.1) is 11.0 Å². The number of carboxylic acid groups (broad SMARTS) is 1. The van der Waals surface area contributed by atoms with Gasteiger partial charge in [-0.05, 0) is 6.08 Å². The molecule has 1 aromatic carbocycles. The average molecular weight is 277 g/mol. The second-order valence-electron chi connectivity index (χ2n) is 3.15. The fourth-order valence-electron chi connectivity index (χ4n) is 1.20. The van der Waals surface area contributed by atoms with Crippen LogP contribution in [0.3, 0.4) is 0 Å². The molecule has 0 unspecified atom stereocenters. The number of hydrogen-bond acceptors (Lipinski definition) is 4. The lowest BCUT2D eigenvalue weighted by Crippen LogP contribution is -2.06. The number of alkyl halides is 2. The van der Waals surface area contributed by atoms with E-state index in [4.69, 9.17) is 5.11 Å². The first-order valence-electron chi connectivity index (χ1n) is 4.65. The lowest BCUT2D eigenvalue weighted by molar-refractivity contribution is -0.385. The summed E-state index contributed by atoms with van der Waals surface area (Å²) in [7, 11) is 0. The van der Waals surface area contributed by atoms with Crippen LogP contribution in [0.1, 0.15) is 5.56 Å². The van der Waals surface area contributed by atoms with E-state index in [1.54, 1.807) is 0 Å². The van der Waals surface area contributed by atoms with Gasteiger partial charge in [-0.25, -0.2) is 9.18 Å². The Hall–Kier alpha value is -2.58. The van der Waals surface area contributed by atoms with Gasteiger partial charge in [0.15, 0.2) is 11.6 Å². The Bertz CT molecular complexity index is 544. The Balaban J connectivity index is 3.34. The first-order valence-corrected chi connectivity index (χ1v) is 4.65. The van der Waals surface area contributed by atoms with Crippen LogP contribution >= 0.6 is 0 Å². The van der Waals surface area contributed by atoms with Crippen molar-refractivity contribution in [2.45, 2.75) is 6.61 Å². The van der Waals surface area contributed by atoms with Crippen LogP contribution in [0.2, 0.25) is 0 Å². The Morgan fingerprint density at radius 2 is 2.11 bits per heavy atom. The Kier molecular flexibility index (Phi) is 4.46. The molecule has 0 saturated carbocycles. The topological polar surface area (TPSA) is 89.7 Å². The van der Waals surface area contributed by atoms with E-state index >= 15 is 0 Å². The van der Waals surface area contributed by atoms with Gasteiger partial charge in [-0.3, -0.25) is 10.1 Å². The maximum absolute atomic E-state index is 13.4. The second-order valence-corrected chi connectivity index (χ2v) is 3.15. The standard InChI is InChI=1S/C10H6F3NO5/c11-7-4-6(14(17)18)3-5(1-2-8(15)16)9(7)19-10(12)13/h1-4,10H,(H,15,16)/b2-1+. The number of carbonyl (C=O) groups is 1. The van der Waals surface area contributed by atoms with E-state index in [0.717, 1.165) is 12.1 Å². The van der Waals surface area contributed by atoms with Crippen molar-refractivity contribution in [1.29, 1.82) is 0 Å². The summed E-state index contributed by atoms with van der Waals surface area (Å²) < 4.78 is 41.4. The predicted octanol–water partition coefficient (Wildman–Crippen LogP) is 2.43. The quantitative estimate of drug-likeness (QED) is 0.507. The highest BCUT2D eigenvalue weighted by Crippen LogP contribution is 2.30. The molecule has 0 atom stereocenters. The van der Waals surface area contributed by atoms with Gasteiger partial charge in [0.25, 0.3) is 5.69 Å². The third-order valence-corrected chi connectivity index (χ3v) is 1.88. The van der Waals surface area contributed by atoms with Gasteiger partial charge in [-0.2, -0.15) is 8.78 Å². The number of nitro benzene ring substituents is 1. The molecule has 9 heteroatoms. The van der Waals surface area contributed by atoms with E-state index in [-0.39, 0.29) is 0 Å². The van der Waals surface area contributed by atoms with Gasteiger partial charge < -0.3 is 9.84 Å². The van der Waals surface area contributed by atoms with Crippen LogP contribution in [0, 0.1) is 15.9 Å². The predicted molar refractivity (Wildman–Crippen MR) is 56.4 cm³/mol. The van der Waals surface area contributed by atoms with Gasteiger partial charge in [0.1, 0.15) is 0 Å². The minimum absolute atomic E-state index is 0.399. The molecule has 0 heterocycles. The number of halogens is 3. The van der Waals surface area contributed by atoms with Gasteiger partial charge >= 0.3 is 12.6 Å². The maximum Gasteiger partial charge on any atom is 0.387 e. The minimum atomic E-state index is -3.35. The van der Waals surface area contributed by atoms with Crippen molar-refractivity contribution in [3.63, 3.8) is 0 Å². The minimum Gasteiger partial charge on any atom is -0.478 e. The molecule has 0 amide bonds. The lowest BCUT2D eigenvalue weighted by atomic mass is 10.1. The summed E-state index contributed by atoms with van der Waals surface area (Å²) in [6.45, 7) is -3.35. The molecule has 19 heavy (non-hydrogen) atoms. The van der Waals surface area contributed by atoms with Gasteiger partial charge in [-0.15, -0.1) is 0 Å². The third-order valence-electron chi connectivity index (χ3n) is 1.88. The molecule has 1 aromatic rings. The molecule has 0 aromatic heterocycles. The highest BCUT2D eigenvalue weighted by Gasteiger charge is 2.19. The summed E-state index contributed by atoms with van der Waals surface area (Å²) >= 11 is 0. The molecule has 0 fully saturated rings. The number of nitrogens with zero attached hydrogens (tertiary/aromatic N) is 1. The number of non-ortho nitro benzene ring substituents is 1. The third kappa shape index (κ3) is 3.98. The van der Waals surface area contributed by atoms with Crippen LogP contribution in [0.4, 0.5) is 18.9 Å². The molecule has 0 radical (unpaired) electrons. The zero-order chi connectivity index (χ0) is 14.6. The van der Waals surface area contributed by atoms with Crippen LogP contribution < -0.4 is 4.74 Å². The summed E-state index contributed by atoms with van der Waals surface area (Å²) in [4.78, 5) is 19.8. The monoisotopic (exact) mass is 277 g/mol. The van der Waals surface area contributed by atoms with Crippen molar-refractivity contribution >= 4 is 17.7 Å². The van der Waals surface area contributed by atoms with Crippen LogP contribution in [-0.4, -0.2) is 22.6 Å². The summed E-state index contributed by atoms with van der Waals surface area (Å²) in [5, 5.41) is 18.9. The molecule has 0 spiro atoms. The number of carboxylic acids is 1. The summed E-state index contributed by atoms with van der Waals surface area (Å²) in [6, 6.07) is 1.12. The number of benzene rings is 1. The van der Waals surface area contributed by atoms with E-state index in [9.17, 15) is 28.1 Å². The van der Waals surface area contributed by atoms with Gasteiger partial charge in [0, 0.05) is 17.7 Å². The molecular formula is C10H6F3NO5. The smallest absolute Gasteiger partial charge is 0.387 e. The van der Waals surface area contributed by atoms with Crippen LogP contribution in [0.25, 0.3) is 6.08 Å². The molecule has 0 aliphatic rings. The van der Waals surface area contributed by atoms with Crippen LogP contribution in [0.15, 0.2) is 18.2 Å². The number of hydrogen-bond donors (Lipinski definition) is 1. The summed E-state index contributed by atoms with van der Waals surface area (Å²) in [6.07, 6.45) is 1.23. The Morgan fingerprint density at radius 1 is 1.47 bits per heavy atom. The molecule has 0 aliphatic carbocycles. The molecule has 0 aliphatic heterocycles. The van der Waals surface area contributed by atoms with E-state index in [2.05, 4.69) is 4.74 Å². The zero-order valence-corrected chi connectivity index (χ0v) is 9.05. The van der Waals surface area contributed by atoms with Crippen molar-refractivity contribution < 1.29 is 32.7 Å². The van der Waals surface area contributed by atoms with E-state index < -0.39 is 40.3 Å². The van der Waals surface area contributed by atoms with Crippen molar-refractivity contribution in [3.05, 3.63) is 39.7 Å². The molecule has 0 bridgehead atoms. The zero-order valence-electron chi connectivity index (χ0n) is 9.05. The number of nitro groups is 1. The maximum atomic E-state index is 13.4. The van der Waals surface area contributed by atoms with Gasteiger partial charge in [0.2, 0.25) is 0 Å². The summed E-state index contributed by atoms with van der Waals surface area (Å²) in [5.74, 6) is -3.78. The molecule has 102 valence electrons. The fraction of sp³-hybridized carbons (Fsp3) is 0.100. The number of aliphatic carboxylic acids is 1. The highest BCUT2D eigenvalue weighted by atomic mass is 19.3. The molecular weight excluding hydrogens is 271 g/mol. The molecule has 6 nitrogen and oxygen atoms in total. The Labute approximate surface area is 103 Å². The highest BCUT2D eigenvalue weighted by molar-refractivity contribution is 5.86. The fourth-order valence-corrected chi connectivity index (χ4v) is 1.20. The van der Waals surface area contributed by atoms with E-state index in [1.165, 1.54) is 0 Å².